The molecule has 0 unspecified atom stereocenters. The van der Waals surface area contributed by atoms with Gasteiger partial charge in [0.1, 0.15) is 5.75 Å². The lowest BCUT2D eigenvalue weighted by Crippen LogP contribution is -2.42. The molecule has 1 aliphatic heterocycles. The van der Waals surface area contributed by atoms with Gasteiger partial charge >= 0.3 is 0 Å². The number of rotatable bonds is 7. The summed E-state index contributed by atoms with van der Waals surface area (Å²) < 4.78 is 32.0. The van der Waals surface area contributed by atoms with Crippen molar-refractivity contribution >= 4 is 28.3 Å². The first kappa shape index (κ1) is 22.7. The molecule has 0 saturated carbocycles. The molecule has 7 nitrogen and oxygen atoms in total. The molecule has 2 N–H and O–H groups in total. The van der Waals surface area contributed by atoms with Crippen LogP contribution in [0.25, 0.3) is 0 Å². The molecule has 9 heteroatoms. The minimum atomic E-state index is -3.63. The molecule has 26 heavy (non-hydrogen) atoms. The predicted molar refractivity (Wildman–Crippen MR) is 104 cm³/mol. The molecule has 1 aromatic rings. The van der Waals surface area contributed by atoms with Crippen molar-refractivity contribution in [2.45, 2.75) is 37.6 Å². The molecular weight excluding hydrogens is 378 g/mol. The SMILES string of the molecule is CCN(CC)S(=O)(=O)c1ccc(OC)c(C(=O)NC2CCNCC2)c1.Cl. The molecular formula is C17H28ClN3O4S. The number of hydrogen-bond acceptors (Lipinski definition) is 5. The summed E-state index contributed by atoms with van der Waals surface area (Å²) >= 11 is 0. The van der Waals surface area contributed by atoms with Gasteiger partial charge in [-0.3, -0.25) is 4.79 Å². The average molecular weight is 406 g/mol. The molecule has 0 aliphatic carbocycles. The summed E-state index contributed by atoms with van der Waals surface area (Å²) in [5.74, 6) is 0.0604. The molecule has 1 saturated heterocycles. The fourth-order valence-electron chi connectivity index (χ4n) is 2.97. The topological polar surface area (TPSA) is 87.7 Å². The number of sulfonamides is 1. The Kier molecular flexibility index (Phi) is 8.82. The fraction of sp³-hybridized carbons (Fsp3) is 0.588. The highest BCUT2D eigenvalue weighted by molar-refractivity contribution is 7.89. The van der Waals surface area contributed by atoms with E-state index < -0.39 is 10.0 Å². The van der Waals surface area contributed by atoms with Gasteiger partial charge in [-0.25, -0.2) is 8.42 Å². The van der Waals surface area contributed by atoms with Crippen LogP contribution in [0.1, 0.15) is 37.0 Å². The zero-order valence-corrected chi connectivity index (χ0v) is 17.1. The molecule has 1 amide bonds. The van der Waals surface area contributed by atoms with Gasteiger partial charge < -0.3 is 15.4 Å². The Labute approximate surface area is 161 Å². The molecule has 1 aliphatic rings. The first-order valence-electron chi connectivity index (χ1n) is 8.63. The number of nitrogens with zero attached hydrogens (tertiary/aromatic N) is 1. The maximum Gasteiger partial charge on any atom is 0.255 e. The Balaban J connectivity index is 0.00000338. The maximum absolute atomic E-state index is 12.7. The molecule has 0 aromatic heterocycles. The van der Waals surface area contributed by atoms with Crippen LogP contribution in [0.5, 0.6) is 5.75 Å². The standard InChI is InChI=1S/C17H27N3O4S.ClH/c1-4-20(5-2)25(22,23)14-6-7-16(24-3)15(12-14)17(21)19-13-8-10-18-11-9-13;/h6-7,12-13,18H,4-5,8-11H2,1-3H3,(H,19,21);1H. The molecule has 1 heterocycles. The summed E-state index contributed by atoms with van der Waals surface area (Å²) in [5.41, 5.74) is 0.245. The second-order valence-electron chi connectivity index (χ2n) is 5.95. The van der Waals surface area contributed by atoms with Gasteiger partial charge in [0.15, 0.2) is 0 Å². The normalized spacial score (nSPS) is 15.4. The van der Waals surface area contributed by atoms with E-state index in [2.05, 4.69) is 10.6 Å². The predicted octanol–water partition coefficient (Wildman–Crippen LogP) is 1.63. The van der Waals surface area contributed by atoms with Gasteiger partial charge in [0, 0.05) is 19.1 Å². The third-order valence-electron chi connectivity index (χ3n) is 4.43. The van der Waals surface area contributed by atoms with E-state index in [1.165, 1.54) is 29.6 Å². The molecule has 1 aromatic carbocycles. The van der Waals surface area contributed by atoms with Crippen molar-refractivity contribution in [3.05, 3.63) is 23.8 Å². The highest BCUT2D eigenvalue weighted by atomic mass is 35.5. The zero-order chi connectivity index (χ0) is 18.4. The van der Waals surface area contributed by atoms with Crippen molar-refractivity contribution < 1.29 is 17.9 Å². The van der Waals surface area contributed by atoms with Crippen molar-refractivity contribution in [1.82, 2.24) is 14.9 Å². The molecule has 1 fully saturated rings. The molecule has 0 radical (unpaired) electrons. The summed E-state index contributed by atoms with van der Waals surface area (Å²) in [6, 6.07) is 4.51. The van der Waals surface area contributed by atoms with Crippen LogP contribution in [0.3, 0.4) is 0 Å². The first-order chi connectivity index (χ1) is 11.9. The van der Waals surface area contributed by atoms with E-state index in [-0.39, 0.29) is 34.8 Å². The summed E-state index contributed by atoms with van der Waals surface area (Å²) in [5, 5.41) is 6.22. The van der Waals surface area contributed by atoms with Crippen LogP contribution in [0.4, 0.5) is 0 Å². The van der Waals surface area contributed by atoms with Crippen molar-refractivity contribution in [2.24, 2.45) is 0 Å². The third-order valence-corrected chi connectivity index (χ3v) is 6.48. The van der Waals surface area contributed by atoms with Gasteiger partial charge in [0.25, 0.3) is 5.91 Å². The van der Waals surface area contributed by atoms with Crippen molar-refractivity contribution in [2.75, 3.05) is 33.3 Å². The van der Waals surface area contributed by atoms with Crippen LogP contribution in [0.15, 0.2) is 23.1 Å². The van der Waals surface area contributed by atoms with Crippen molar-refractivity contribution in [1.29, 1.82) is 0 Å². The number of hydrogen-bond donors (Lipinski definition) is 2. The number of carbonyl (C=O) groups is 1. The second kappa shape index (κ2) is 10.1. The number of piperidine rings is 1. The monoisotopic (exact) mass is 405 g/mol. The van der Waals surface area contributed by atoms with Gasteiger partial charge in [-0.05, 0) is 44.1 Å². The summed E-state index contributed by atoms with van der Waals surface area (Å²) in [7, 11) is -2.16. The Bertz CT molecular complexity index is 702. The minimum Gasteiger partial charge on any atom is -0.496 e. The number of nitrogens with one attached hydrogen (secondary N) is 2. The molecule has 0 atom stereocenters. The van der Waals surface area contributed by atoms with Gasteiger partial charge in [-0.15, -0.1) is 12.4 Å². The van der Waals surface area contributed by atoms with Crippen LogP contribution in [0, 0.1) is 0 Å². The minimum absolute atomic E-state index is 0. The number of benzene rings is 1. The van der Waals surface area contributed by atoms with Crippen LogP contribution >= 0.6 is 12.4 Å². The molecule has 0 bridgehead atoms. The number of halogens is 1. The van der Waals surface area contributed by atoms with Crippen LogP contribution in [-0.2, 0) is 10.0 Å². The van der Waals surface area contributed by atoms with Gasteiger partial charge in [-0.2, -0.15) is 4.31 Å². The lowest BCUT2D eigenvalue weighted by Gasteiger charge is -2.24. The van der Waals surface area contributed by atoms with Crippen LogP contribution < -0.4 is 15.4 Å². The van der Waals surface area contributed by atoms with Crippen molar-refractivity contribution in [3.63, 3.8) is 0 Å². The number of ether oxygens (including phenoxy) is 1. The van der Waals surface area contributed by atoms with Crippen molar-refractivity contribution in [3.8, 4) is 5.75 Å². The average Bonchev–Trinajstić information content (AvgIpc) is 2.62. The van der Waals surface area contributed by atoms with E-state index in [0.29, 0.717) is 18.8 Å². The van der Waals surface area contributed by atoms with E-state index in [9.17, 15) is 13.2 Å². The Morgan fingerprint density at radius 1 is 1.27 bits per heavy atom. The Morgan fingerprint density at radius 3 is 2.42 bits per heavy atom. The number of carbonyl (C=O) groups excluding carboxylic acids is 1. The van der Waals surface area contributed by atoms with E-state index in [4.69, 9.17) is 4.74 Å². The molecule has 0 spiro atoms. The summed E-state index contributed by atoms with van der Waals surface area (Å²) in [4.78, 5) is 12.8. The van der Waals surface area contributed by atoms with E-state index >= 15 is 0 Å². The Hall–Kier alpha value is -1.35. The highest BCUT2D eigenvalue weighted by Gasteiger charge is 2.25. The number of amides is 1. The fourth-order valence-corrected chi connectivity index (χ4v) is 4.45. The van der Waals surface area contributed by atoms with Gasteiger partial charge in [0.2, 0.25) is 10.0 Å². The molecule has 2 rings (SSSR count). The summed E-state index contributed by atoms with van der Waals surface area (Å²) in [6.45, 7) is 6.05. The Morgan fingerprint density at radius 2 is 1.88 bits per heavy atom. The van der Waals surface area contributed by atoms with Crippen LogP contribution in [-0.4, -0.2) is 58.0 Å². The first-order valence-corrected chi connectivity index (χ1v) is 10.1. The summed E-state index contributed by atoms with van der Waals surface area (Å²) in [6.07, 6.45) is 1.71. The second-order valence-corrected chi connectivity index (χ2v) is 7.89. The quantitative estimate of drug-likeness (QED) is 0.719. The van der Waals surface area contributed by atoms with E-state index in [1.807, 2.05) is 0 Å². The van der Waals surface area contributed by atoms with Crippen LogP contribution in [0.2, 0.25) is 0 Å². The lowest BCUT2D eigenvalue weighted by atomic mass is 10.1. The highest BCUT2D eigenvalue weighted by Crippen LogP contribution is 2.25. The lowest BCUT2D eigenvalue weighted by molar-refractivity contribution is 0.0926. The van der Waals surface area contributed by atoms with E-state index in [1.54, 1.807) is 13.8 Å². The third kappa shape index (κ3) is 5.09. The van der Waals surface area contributed by atoms with Gasteiger partial charge in [0.05, 0.1) is 17.6 Å². The molecule has 148 valence electrons. The number of methoxy groups -OCH3 is 1. The maximum atomic E-state index is 12.7. The smallest absolute Gasteiger partial charge is 0.255 e. The largest absolute Gasteiger partial charge is 0.496 e. The zero-order valence-electron chi connectivity index (χ0n) is 15.4. The van der Waals surface area contributed by atoms with E-state index in [0.717, 1.165) is 25.9 Å². The van der Waals surface area contributed by atoms with Gasteiger partial charge in [-0.1, -0.05) is 13.8 Å².